The summed E-state index contributed by atoms with van der Waals surface area (Å²) in [4.78, 5) is 33.8. The first-order valence-corrected chi connectivity index (χ1v) is 7.64. The molecule has 0 bridgehead atoms. The van der Waals surface area contributed by atoms with Crippen molar-refractivity contribution >= 4 is 23.7 Å². The maximum atomic E-state index is 12.1. The average molecular weight is 370 g/mol. The lowest BCUT2D eigenvalue weighted by atomic mass is 10.1. The van der Waals surface area contributed by atoms with Crippen LogP contribution in [0.3, 0.4) is 0 Å². The van der Waals surface area contributed by atoms with Crippen LogP contribution in [0.5, 0.6) is 17.2 Å². The summed E-state index contributed by atoms with van der Waals surface area (Å²) in [5, 5.41) is 22.5. The first kappa shape index (κ1) is 20.9. The molecule has 4 N–H and O–H groups in total. The summed E-state index contributed by atoms with van der Waals surface area (Å²) in [6.07, 6.45) is -0.0684. The molecule has 1 aromatic carbocycles. The molecule has 1 rings (SSSR count). The zero-order valence-electron chi connectivity index (χ0n) is 14.7. The Labute approximate surface area is 150 Å². The molecular formula is C16H22N2O8. The molecule has 0 heterocycles. The Morgan fingerprint density at radius 1 is 1.04 bits per heavy atom. The first-order valence-electron chi connectivity index (χ1n) is 7.64. The Kier molecular flexibility index (Phi) is 8.00. The van der Waals surface area contributed by atoms with Crippen LogP contribution in [0, 0.1) is 0 Å². The van der Waals surface area contributed by atoms with Gasteiger partial charge in [0.05, 0.1) is 27.0 Å². The van der Waals surface area contributed by atoms with Gasteiger partial charge in [0.2, 0.25) is 5.75 Å². The minimum absolute atomic E-state index is 0.00961. The molecule has 26 heavy (non-hydrogen) atoms. The summed E-state index contributed by atoms with van der Waals surface area (Å²) < 4.78 is 15.5. The van der Waals surface area contributed by atoms with Gasteiger partial charge in [0.15, 0.2) is 11.5 Å². The van der Waals surface area contributed by atoms with Gasteiger partial charge in [-0.05, 0) is 12.8 Å². The fourth-order valence-electron chi connectivity index (χ4n) is 2.19. The Morgan fingerprint density at radius 3 is 2.04 bits per heavy atom. The number of rotatable bonds is 10. The number of carbonyl (C=O) groups is 3. The van der Waals surface area contributed by atoms with E-state index in [2.05, 4.69) is 10.6 Å². The average Bonchev–Trinajstić information content (AvgIpc) is 2.59. The third-order valence-electron chi connectivity index (χ3n) is 3.41. The number of hydrogen-bond acceptors (Lipinski definition) is 6. The number of anilines is 1. The van der Waals surface area contributed by atoms with Gasteiger partial charge in [0.25, 0.3) is 0 Å². The number of nitrogens with one attached hydrogen (secondary N) is 2. The molecule has 0 spiro atoms. The van der Waals surface area contributed by atoms with Crippen LogP contribution >= 0.6 is 0 Å². The maximum Gasteiger partial charge on any atom is 0.326 e. The molecule has 10 heteroatoms. The second-order valence-corrected chi connectivity index (χ2v) is 5.19. The lowest BCUT2D eigenvalue weighted by Gasteiger charge is -2.17. The number of carboxylic acids is 2. The van der Waals surface area contributed by atoms with Crippen LogP contribution in [0.25, 0.3) is 0 Å². The maximum absolute atomic E-state index is 12.1. The molecule has 10 nitrogen and oxygen atoms in total. The largest absolute Gasteiger partial charge is 0.493 e. The fraction of sp³-hybridized carbons (Fsp3) is 0.438. The molecule has 0 saturated carbocycles. The molecule has 1 aromatic rings. The van der Waals surface area contributed by atoms with Crippen molar-refractivity contribution in [2.45, 2.75) is 25.3 Å². The minimum atomic E-state index is -1.25. The van der Waals surface area contributed by atoms with Gasteiger partial charge in [-0.3, -0.25) is 4.79 Å². The van der Waals surface area contributed by atoms with Crippen molar-refractivity contribution in [1.29, 1.82) is 0 Å². The topological polar surface area (TPSA) is 143 Å². The van der Waals surface area contributed by atoms with E-state index in [0.29, 0.717) is 22.9 Å². The van der Waals surface area contributed by atoms with Crippen LogP contribution < -0.4 is 24.8 Å². The SMILES string of the molecule is COc1cc(NC(=O)NC(CCCC(=O)O)C(=O)O)cc(OC)c1OC. The Bertz CT molecular complexity index is 637. The highest BCUT2D eigenvalue weighted by atomic mass is 16.5. The van der Waals surface area contributed by atoms with E-state index in [0.717, 1.165) is 0 Å². The number of ether oxygens (including phenoxy) is 3. The second-order valence-electron chi connectivity index (χ2n) is 5.19. The van der Waals surface area contributed by atoms with Crippen LogP contribution in [0.4, 0.5) is 10.5 Å². The predicted octanol–water partition coefficient (Wildman–Crippen LogP) is 1.54. The minimum Gasteiger partial charge on any atom is -0.493 e. The molecule has 1 unspecified atom stereocenters. The summed E-state index contributed by atoms with van der Waals surface area (Å²) in [6.45, 7) is 0. The fourth-order valence-corrected chi connectivity index (χ4v) is 2.19. The number of methoxy groups -OCH3 is 3. The lowest BCUT2D eigenvalue weighted by molar-refractivity contribution is -0.140. The molecule has 1 atom stereocenters. The number of carbonyl (C=O) groups excluding carboxylic acids is 1. The first-order chi connectivity index (χ1) is 12.3. The van der Waals surface area contributed by atoms with E-state index in [1.165, 1.54) is 33.5 Å². The van der Waals surface area contributed by atoms with Crippen molar-refractivity contribution in [3.8, 4) is 17.2 Å². The zero-order chi connectivity index (χ0) is 19.7. The standard InChI is InChI=1S/C16H22N2O8/c1-24-11-7-9(8-12(25-2)14(11)26-3)17-16(23)18-10(15(21)22)5-4-6-13(19)20/h7-8,10H,4-6H2,1-3H3,(H,19,20)(H,21,22)(H2,17,18,23). The van der Waals surface area contributed by atoms with Gasteiger partial charge in [-0.2, -0.15) is 0 Å². The highest BCUT2D eigenvalue weighted by Crippen LogP contribution is 2.39. The molecule has 0 fully saturated rings. The third kappa shape index (κ3) is 6.04. The van der Waals surface area contributed by atoms with Gasteiger partial charge in [-0.25, -0.2) is 9.59 Å². The molecule has 0 radical (unpaired) electrons. The van der Waals surface area contributed by atoms with Crippen molar-refractivity contribution in [2.75, 3.05) is 26.6 Å². The molecule has 0 aromatic heterocycles. The van der Waals surface area contributed by atoms with E-state index in [-0.39, 0.29) is 19.3 Å². The summed E-state index contributed by atoms with van der Waals surface area (Å²) in [7, 11) is 4.28. The quantitative estimate of drug-likeness (QED) is 0.485. The predicted molar refractivity (Wildman–Crippen MR) is 91.2 cm³/mol. The van der Waals surface area contributed by atoms with Crippen LogP contribution in [0.2, 0.25) is 0 Å². The Morgan fingerprint density at radius 2 is 1.62 bits per heavy atom. The van der Waals surface area contributed by atoms with E-state index in [1.54, 1.807) is 0 Å². The molecular weight excluding hydrogens is 348 g/mol. The van der Waals surface area contributed by atoms with E-state index < -0.39 is 24.0 Å². The van der Waals surface area contributed by atoms with E-state index >= 15 is 0 Å². The van der Waals surface area contributed by atoms with Crippen molar-refractivity contribution in [3.63, 3.8) is 0 Å². The number of aliphatic carboxylic acids is 2. The van der Waals surface area contributed by atoms with Crippen LogP contribution in [-0.2, 0) is 9.59 Å². The molecule has 2 amide bonds. The van der Waals surface area contributed by atoms with Crippen LogP contribution in [0.1, 0.15) is 19.3 Å². The van der Waals surface area contributed by atoms with Crippen molar-refractivity contribution in [3.05, 3.63) is 12.1 Å². The lowest BCUT2D eigenvalue weighted by Crippen LogP contribution is -2.43. The molecule has 0 aliphatic rings. The molecule has 0 aliphatic carbocycles. The normalized spacial score (nSPS) is 11.2. The number of urea groups is 1. The van der Waals surface area contributed by atoms with Gasteiger partial charge < -0.3 is 35.1 Å². The van der Waals surface area contributed by atoms with Crippen molar-refractivity contribution < 1.29 is 38.8 Å². The molecule has 144 valence electrons. The summed E-state index contributed by atoms with van der Waals surface area (Å²) >= 11 is 0. The number of hydrogen-bond donors (Lipinski definition) is 4. The van der Waals surface area contributed by atoms with Gasteiger partial charge in [-0.1, -0.05) is 0 Å². The third-order valence-corrected chi connectivity index (χ3v) is 3.41. The zero-order valence-corrected chi connectivity index (χ0v) is 14.7. The van der Waals surface area contributed by atoms with E-state index in [1.807, 2.05) is 0 Å². The van der Waals surface area contributed by atoms with Crippen molar-refractivity contribution in [2.24, 2.45) is 0 Å². The highest BCUT2D eigenvalue weighted by molar-refractivity contribution is 5.93. The number of carboxylic acid groups (broad SMARTS) is 2. The van der Waals surface area contributed by atoms with Crippen molar-refractivity contribution in [1.82, 2.24) is 5.32 Å². The van der Waals surface area contributed by atoms with Gasteiger partial charge in [0, 0.05) is 18.6 Å². The number of amides is 2. The highest BCUT2D eigenvalue weighted by Gasteiger charge is 2.21. The van der Waals surface area contributed by atoms with Gasteiger partial charge in [0.1, 0.15) is 6.04 Å². The van der Waals surface area contributed by atoms with Gasteiger partial charge >= 0.3 is 18.0 Å². The smallest absolute Gasteiger partial charge is 0.326 e. The summed E-state index contributed by atoms with van der Waals surface area (Å²) in [5.41, 5.74) is 0.298. The van der Waals surface area contributed by atoms with Gasteiger partial charge in [-0.15, -0.1) is 0 Å². The summed E-state index contributed by atoms with van der Waals surface area (Å²) in [6, 6.07) is 1.00. The summed E-state index contributed by atoms with van der Waals surface area (Å²) in [5.74, 6) is -1.30. The Hall–Kier alpha value is -3.17. The number of benzene rings is 1. The monoisotopic (exact) mass is 370 g/mol. The van der Waals surface area contributed by atoms with E-state index in [4.69, 9.17) is 24.4 Å². The van der Waals surface area contributed by atoms with Crippen LogP contribution in [0.15, 0.2) is 12.1 Å². The Balaban J connectivity index is 2.82. The van der Waals surface area contributed by atoms with Crippen LogP contribution in [-0.4, -0.2) is 55.6 Å². The van der Waals surface area contributed by atoms with E-state index in [9.17, 15) is 14.4 Å². The molecule has 0 aliphatic heterocycles. The molecule has 0 saturated heterocycles. The second kappa shape index (κ2) is 9.97.